The van der Waals surface area contributed by atoms with E-state index in [4.69, 9.17) is 16.3 Å². The van der Waals surface area contributed by atoms with E-state index >= 15 is 0 Å². The van der Waals surface area contributed by atoms with Crippen molar-refractivity contribution in [2.45, 2.75) is 6.42 Å². The number of aromatic nitrogens is 1. The zero-order valence-corrected chi connectivity index (χ0v) is 10.9. The van der Waals surface area contributed by atoms with Crippen LogP contribution in [0.2, 0.25) is 5.02 Å². The molecule has 0 spiro atoms. The van der Waals surface area contributed by atoms with E-state index in [-0.39, 0.29) is 22.8 Å². The van der Waals surface area contributed by atoms with Gasteiger partial charge in [0, 0.05) is 28.8 Å². The first kappa shape index (κ1) is 13.5. The van der Waals surface area contributed by atoms with Crippen molar-refractivity contribution in [2.24, 2.45) is 0 Å². The summed E-state index contributed by atoms with van der Waals surface area (Å²) in [5, 5.41) is 0.240. The quantitative estimate of drug-likeness (QED) is 0.806. The van der Waals surface area contributed by atoms with E-state index in [9.17, 15) is 9.18 Å². The first-order chi connectivity index (χ1) is 9.11. The van der Waals surface area contributed by atoms with Crippen molar-refractivity contribution in [1.29, 1.82) is 0 Å². The van der Waals surface area contributed by atoms with Crippen molar-refractivity contribution in [1.82, 2.24) is 4.98 Å². The van der Waals surface area contributed by atoms with Gasteiger partial charge in [-0.25, -0.2) is 4.39 Å². The highest BCUT2D eigenvalue weighted by molar-refractivity contribution is 6.31. The van der Waals surface area contributed by atoms with Gasteiger partial charge < -0.3 is 4.74 Å². The molecule has 1 aromatic heterocycles. The van der Waals surface area contributed by atoms with Crippen molar-refractivity contribution >= 4 is 17.4 Å². The van der Waals surface area contributed by atoms with Gasteiger partial charge in [-0.05, 0) is 18.2 Å². The third-order valence-corrected chi connectivity index (χ3v) is 3.02. The summed E-state index contributed by atoms with van der Waals surface area (Å²) in [7, 11) is 1.49. The zero-order valence-electron chi connectivity index (χ0n) is 10.2. The number of Topliss-reactive ketones (excluding diaryl/α,β-unsaturated/α-hetero) is 1. The standard InChI is InChI=1S/C14H11ClFNO2/c1-19-10-5-9(7-17-8-10)14(18)6-11-12(15)3-2-4-13(11)16/h2-5,7-8H,6H2,1H3. The molecule has 0 aliphatic heterocycles. The number of ether oxygens (including phenoxy) is 1. The fourth-order valence-corrected chi connectivity index (χ4v) is 1.88. The number of hydrogen-bond acceptors (Lipinski definition) is 3. The third-order valence-electron chi connectivity index (χ3n) is 2.67. The fourth-order valence-electron chi connectivity index (χ4n) is 1.65. The first-order valence-corrected chi connectivity index (χ1v) is 5.94. The maximum Gasteiger partial charge on any atom is 0.169 e. The predicted octanol–water partition coefficient (Wildman–Crippen LogP) is 3.31. The molecule has 2 aromatic rings. The van der Waals surface area contributed by atoms with Crippen molar-refractivity contribution in [3.05, 3.63) is 58.6 Å². The summed E-state index contributed by atoms with van der Waals surface area (Å²) in [6.07, 6.45) is 2.80. The minimum absolute atomic E-state index is 0.111. The number of benzene rings is 1. The first-order valence-electron chi connectivity index (χ1n) is 5.57. The van der Waals surface area contributed by atoms with Crippen LogP contribution in [0.15, 0.2) is 36.7 Å². The lowest BCUT2D eigenvalue weighted by atomic mass is 10.0. The number of methoxy groups -OCH3 is 1. The third kappa shape index (κ3) is 3.09. The number of carbonyl (C=O) groups excluding carboxylic acids is 1. The largest absolute Gasteiger partial charge is 0.495 e. The Labute approximate surface area is 115 Å². The summed E-state index contributed by atoms with van der Waals surface area (Å²) in [4.78, 5) is 16.0. The maximum atomic E-state index is 13.6. The Balaban J connectivity index is 2.25. The molecule has 0 amide bonds. The van der Waals surface area contributed by atoms with Crippen LogP contribution in [-0.2, 0) is 6.42 Å². The molecule has 1 aromatic carbocycles. The summed E-state index contributed by atoms with van der Waals surface area (Å²) in [6.45, 7) is 0. The summed E-state index contributed by atoms with van der Waals surface area (Å²) in [6, 6.07) is 5.89. The van der Waals surface area contributed by atoms with E-state index in [1.165, 1.54) is 31.6 Å². The van der Waals surface area contributed by atoms with Gasteiger partial charge in [0.25, 0.3) is 0 Å². The molecule has 0 bridgehead atoms. The van der Waals surface area contributed by atoms with Crippen LogP contribution in [-0.4, -0.2) is 17.9 Å². The summed E-state index contributed by atoms with van der Waals surface area (Å²) in [5.74, 6) is -0.277. The minimum Gasteiger partial charge on any atom is -0.495 e. The van der Waals surface area contributed by atoms with Crippen molar-refractivity contribution < 1.29 is 13.9 Å². The SMILES string of the molecule is COc1cncc(C(=O)Cc2c(F)cccc2Cl)c1. The second-order valence-corrected chi connectivity index (χ2v) is 4.32. The Morgan fingerprint density at radius 1 is 1.42 bits per heavy atom. The molecular formula is C14H11ClFNO2. The van der Waals surface area contributed by atoms with Crippen LogP contribution in [0.25, 0.3) is 0 Å². The van der Waals surface area contributed by atoms with Gasteiger partial charge >= 0.3 is 0 Å². The van der Waals surface area contributed by atoms with Crippen LogP contribution >= 0.6 is 11.6 Å². The highest BCUT2D eigenvalue weighted by atomic mass is 35.5. The van der Waals surface area contributed by atoms with E-state index in [0.717, 1.165) is 0 Å². The number of carbonyl (C=O) groups is 1. The number of nitrogens with zero attached hydrogens (tertiary/aromatic N) is 1. The molecule has 0 saturated carbocycles. The van der Waals surface area contributed by atoms with Gasteiger partial charge in [0.15, 0.2) is 5.78 Å². The molecule has 98 valence electrons. The second-order valence-electron chi connectivity index (χ2n) is 3.91. The zero-order chi connectivity index (χ0) is 13.8. The van der Waals surface area contributed by atoms with Crippen LogP contribution < -0.4 is 4.74 Å². The summed E-state index contributed by atoms with van der Waals surface area (Å²) in [5.41, 5.74) is 0.552. The van der Waals surface area contributed by atoms with Gasteiger partial charge in [-0.3, -0.25) is 9.78 Å². The lowest BCUT2D eigenvalue weighted by Crippen LogP contribution is -2.06. The average Bonchev–Trinajstić information content (AvgIpc) is 2.43. The Bertz CT molecular complexity index is 596. The molecule has 1 heterocycles. The van der Waals surface area contributed by atoms with Crippen molar-refractivity contribution in [3.8, 4) is 5.75 Å². The predicted molar refractivity (Wildman–Crippen MR) is 70.2 cm³/mol. The van der Waals surface area contributed by atoms with Gasteiger partial charge in [-0.15, -0.1) is 0 Å². The molecule has 0 saturated heterocycles. The summed E-state index contributed by atoms with van der Waals surface area (Å²) >= 11 is 5.89. The number of hydrogen-bond donors (Lipinski definition) is 0. The molecule has 5 heteroatoms. The van der Waals surface area contributed by atoms with E-state index < -0.39 is 5.82 Å². The van der Waals surface area contributed by atoms with Gasteiger partial charge in [0.05, 0.1) is 13.3 Å². The second kappa shape index (κ2) is 5.80. The Morgan fingerprint density at radius 3 is 2.89 bits per heavy atom. The molecule has 19 heavy (non-hydrogen) atoms. The molecule has 0 aliphatic carbocycles. The van der Waals surface area contributed by atoms with Gasteiger partial charge in [-0.2, -0.15) is 0 Å². The lowest BCUT2D eigenvalue weighted by Gasteiger charge is -2.06. The number of ketones is 1. The van der Waals surface area contributed by atoms with Gasteiger partial charge in [-0.1, -0.05) is 17.7 Å². The number of halogens is 2. The monoisotopic (exact) mass is 279 g/mol. The topological polar surface area (TPSA) is 39.2 Å². The number of rotatable bonds is 4. The van der Waals surface area contributed by atoms with Crippen LogP contribution in [0.4, 0.5) is 4.39 Å². The van der Waals surface area contributed by atoms with E-state index in [1.807, 2.05) is 0 Å². The van der Waals surface area contributed by atoms with Gasteiger partial charge in [0.1, 0.15) is 11.6 Å². The smallest absolute Gasteiger partial charge is 0.169 e. The highest BCUT2D eigenvalue weighted by Gasteiger charge is 2.14. The maximum absolute atomic E-state index is 13.6. The van der Waals surface area contributed by atoms with Gasteiger partial charge in [0.2, 0.25) is 0 Å². The number of pyridine rings is 1. The molecule has 0 radical (unpaired) electrons. The lowest BCUT2D eigenvalue weighted by molar-refractivity contribution is 0.0991. The minimum atomic E-state index is -0.489. The van der Waals surface area contributed by atoms with E-state index in [0.29, 0.717) is 11.3 Å². The molecule has 3 nitrogen and oxygen atoms in total. The Kier molecular flexibility index (Phi) is 4.12. The van der Waals surface area contributed by atoms with Crippen LogP contribution in [0, 0.1) is 5.82 Å². The van der Waals surface area contributed by atoms with Crippen LogP contribution in [0.5, 0.6) is 5.75 Å². The van der Waals surface area contributed by atoms with Crippen LogP contribution in [0.3, 0.4) is 0 Å². The van der Waals surface area contributed by atoms with E-state index in [1.54, 1.807) is 12.1 Å². The molecule has 0 N–H and O–H groups in total. The highest BCUT2D eigenvalue weighted by Crippen LogP contribution is 2.21. The molecule has 0 atom stereocenters. The van der Waals surface area contributed by atoms with E-state index in [2.05, 4.69) is 4.98 Å². The summed E-state index contributed by atoms with van der Waals surface area (Å²) < 4.78 is 18.6. The molecule has 2 rings (SSSR count). The normalized spacial score (nSPS) is 10.3. The fraction of sp³-hybridized carbons (Fsp3) is 0.143. The van der Waals surface area contributed by atoms with Crippen LogP contribution in [0.1, 0.15) is 15.9 Å². The average molecular weight is 280 g/mol. The Hall–Kier alpha value is -1.94. The molecule has 0 unspecified atom stereocenters. The van der Waals surface area contributed by atoms with Crippen molar-refractivity contribution in [3.63, 3.8) is 0 Å². The Morgan fingerprint density at radius 2 is 2.21 bits per heavy atom. The molecule has 0 fully saturated rings. The molecular weight excluding hydrogens is 269 g/mol. The van der Waals surface area contributed by atoms with Crippen molar-refractivity contribution in [2.75, 3.05) is 7.11 Å². The molecule has 0 aliphatic rings.